The minimum atomic E-state index is -0.384. The van der Waals surface area contributed by atoms with Gasteiger partial charge in [-0.15, -0.1) is 0 Å². The van der Waals surface area contributed by atoms with Crippen molar-refractivity contribution in [3.63, 3.8) is 0 Å². The first-order valence-corrected chi connectivity index (χ1v) is 14.4. The highest BCUT2D eigenvalue weighted by atomic mass is 127. The number of ether oxygens (including phenoxy) is 3. The van der Waals surface area contributed by atoms with Crippen LogP contribution in [0.25, 0.3) is 6.08 Å². The molecule has 10 heteroatoms. The van der Waals surface area contributed by atoms with Gasteiger partial charge in [-0.1, -0.05) is 29.8 Å². The second-order valence-corrected chi connectivity index (χ2v) is 10.9. The number of rotatable bonds is 9. The fraction of sp³-hybridized carbons (Fsp3) is 0.207. The third-order valence-electron chi connectivity index (χ3n) is 5.57. The summed E-state index contributed by atoms with van der Waals surface area (Å²) in [7, 11) is 1.68. The summed E-state index contributed by atoms with van der Waals surface area (Å²) in [5.41, 5.74) is 2.75. The predicted octanol–water partition coefficient (Wildman–Crippen LogP) is 7.33. The van der Waals surface area contributed by atoms with Crippen LogP contribution in [0.1, 0.15) is 35.3 Å². The standard InChI is InChI=1S/C29H26ClIN2O5S/c1-4-36-24-15-18(14-23(31)26(24)38-17-20-8-6-7-9-22(20)30)16-25-27(34)33(3)29(39-25)32-21-12-10-19(11-13-21)28(35)37-5-2/h6-16H,4-5,17H2,1-3H3/b25-16-,32-29?. The third kappa shape index (κ3) is 7.14. The Bertz CT molecular complexity index is 1440. The number of halogens is 2. The summed E-state index contributed by atoms with van der Waals surface area (Å²) in [5.74, 6) is 0.665. The molecular weight excluding hydrogens is 651 g/mol. The largest absolute Gasteiger partial charge is 0.490 e. The molecule has 1 aliphatic rings. The molecule has 0 atom stereocenters. The Morgan fingerprint density at radius 2 is 1.82 bits per heavy atom. The highest BCUT2D eigenvalue weighted by molar-refractivity contribution is 14.1. The van der Waals surface area contributed by atoms with E-state index in [1.54, 1.807) is 38.2 Å². The van der Waals surface area contributed by atoms with E-state index in [-0.39, 0.29) is 11.9 Å². The van der Waals surface area contributed by atoms with Crippen LogP contribution in [0, 0.1) is 3.57 Å². The number of hydrogen-bond donors (Lipinski definition) is 0. The van der Waals surface area contributed by atoms with Crippen molar-refractivity contribution >= 4 is 74.8 Å². The number of benzene rings is 3. The van der Waals surface area contributed by atoms with E-state index in [1.165, 1.54) is 16.7 Å². The van der Waals surface area contributed by atoms with Crippen molar-refractivity contribution < 1.29 is 23.8 Å². The Morgan fingerprint density at radius 3 is 2.51 bits per heavy atom. The summed E-state index contributed by atoms with van der Waals surface area (Å²) in [6.07, 6.45) is 1.82. The maximum absolute atomic E-state index is 13.0. The SMILES string of the molecule is CCOC(=O)c1ccc(N=C2S/C(=C\c3cc(I)c(OCc4ccccc4Cl)c(OCC)c3)C(=O)N2C)cc1. The van der Waals surface area contributed by atoms with E-state index < -0.39 is 0 Å². The van der Waals surface area contributed by atoms with Gasteiger partial charge in [-0.2, -0.15) is 0 Å². The Labute approximate surface area is 250 Å². The molecule has 1 saturated heterocycles. The summed E-state index contributed by atoms with van der Waals surface area (Å²) >= 11 is 9.77. The third-order valence-corrected chi connectivity index (χ3v) is 7.80. The topological polar surface area (TPSA) is 77.4 Å². The van der Waals surface area contributed by atoms with Crippen LogP contribution >= 0.6 is 46.0 Å². The number of amidine groups is 1. The Balaban J connectivity index is 1.55. The Kier molecular flexibility index (Phi) is 9.93. The molecule has 0 spiro atoms. The number of esters is 1. The van der Waals surface area contributed by atoms with Gasteiger partial charge in [-0.3, -0.25) is 9.69 Å². The number of thioether (sulfide) groups is 1. The lowest BCUT2D eigenvalue weighted by Gasteiger charge is -2.15. The van der Waals surface area contributed by atoms with Crippen LogP contribution in [-0.4, -0.2) is 42.2 Å². The van der Waals surface area contributed by atoms with Crippen LogP contribution in [0.5, 0.6) is 11.5 Å². The second kappa shape index (κ2) is 13.4. The number of likely N-dealkylation sites (N-methyl/N-ethyl adjacent to an activating group) is 1. The summed E-state index contributed by atoms with van der Waals surface area (Å²) in [4.78, 5) is 31.5. The number of nitrogens with zero attached hydrogens (tertiary/aromatic N) is 2. The molecule has 0 aliphatic carbocycles. The van der Waals surface area contributed by atoms with Gasteiger partial charge in [-0.25, -0.2) is 9.79 Å². The lowest BCUT2D eigenvalue weighted by molar-refractivity contribution is -0.121. The molecule has 7 nitrogen and oxygen atoms in total. The molecule has 1 heterocycles. The predicted molar refractivity (Wildman–Crippen MR) is 164 cm³/mol. The maximum atomic E-state index is 13.0. The zero-order valence-electron chi connectivity index (χ0n) is 21.6. The highest BCUT2D eigenvalue weighted by Crippen LogP contribution is 2.38. The van der Waals surface area contributed by atoms with Gasteiger partial charge in [0.15, 0.2) is 16.7 Å². The number of amides is 1. The monoisotopic (exact) mass is 676 g/mol. The minimum absolute atomic E-state index is 0.158. The fourth-order valence-corrected chi connectivity index (χ4v) is 5.60. The molecule has 1 aliphatic heterocycles. The maximum Gasteiger partial charge on any atom is 0.338 e. The number of carbonyl (C=O) groups excluding carboxylic acids is 2. The van der Waals surface area contributed by atoms with Gasteiger partial charge in [0, 0.05) is 17.6 Å². The van der Waals surface area contributed by atoms with Gasteiger partial charge in [-0.05, 0) is 102 Å². The van der Waals surface area contributed by atoms with Gasteiger partial charge >= 0.3 is 5.97 Å². The number of hydrogen-bond acceptors (Lipinski definition) is 7. The van der Waals surface area contributed by atoms with Crippen LogP contribution in [0.2, 0.25) is 5.02 Å². The number of carbonyl (C=O) groups is 2. The lowest BCUT2D eigenvalue weighted by Crippen LogP contribution is -2.23. The molecule has 3 aromatic carbocycles. The van der Waals surface area contributed by atoms with Gasteiger partial charge < -0.3 is 14.2 Å². The molecule has 0 radical (unpaired) electrons. The van der Waals surface area contributed by atoms with E-state index in [0.717, 1.165) is 14.7 Å². The van der Waals surface area contributed by atoms with E-state index in [4.69, 9.17) is 25.8 Å². The quantitative estimate of drug-likeness (QED) is 0.134. The molecule has 39 heavy (non-hydrogen) atoms. The van der Waals surface area contributed by atoms with Gasteiger partial charge in [0.1, 0.15) is 6.61 Å². The average molecular weight is 677 g/mol. The van der Waals surface area contributed by atoms with Crippen LogP contribution in [0.15, 0.2) is 70.6 Å². The fourth-order valence-electron chi connectivity index (χ4n) is 3.64. The summed E-state index contributed by atoms with van der Waals surface area (Å²) in [6, 6.07) is 18.1. The molecule has 202 valence electrons. The Hall–Kier alpha value is -3.02. The first-order valence-electron chi connectivity index (χ1n) is 12.2. The molecule has 0 unspecified atom stereocenters. The second-order valence-electron chi connectivity index (χ2n) is 8.28. The molecule has 1 amide bonds. The molecule has 0 N–H and O–H groups in total. The first-order chi connectivity index (χ1) is 18.8. The molecule has 1 fully saturated rings. The first kappa shape index (κ1) is 29.0. The summed E-state index contributed by atoms with van der Waals surface area (Å²) in [5, 5.41) is 1.18. The van der Waals surface area contributed by atoms with Crippen molar-refractivity contribution in [3.8, 4) is 11.5 Å². The van der Waals surface area contributed by atoms with Gasteiger partial charge in [0.2, 0.25) is 0 Å². The normalized spacial score (nSPS) is 15.2. The van der Waals surface area contributed by atoms with E-state index in [1.807, 2.05) is 49.4 Å². The molecule has 4 rings (SSSR count). The smallest absolute Gasteiger partial charge is 0.338 e. The van der Waals surface area contributed by atoms with Crippen molar-refractivity contribution in [1.29, 1.82) is 0 Å². The van der Waals surface area contributed by atoms with Crippen LogP contribution in [-0.2, 0) is 16.1 Å². The van der Waals surface area contributed by atoms with Crippen LogP contribution < -0.4 is 9.47 Å². The van der Waals surface area contributed by atoms with E-state index in [2.05, 4.69) is 27.6 Å². The van der Waals surface area contributed by atoms with E-state index in [9.17, 15) is 9.59 Å². The van der Waals surface area contributed by atoms with Gasteiger partial charge in [0.25, 0.3) is 5.91 Å². The zero-order chi connectivity index (χ0) is 27.9. The summed E-state index contributed by atoms with van der Waals surface area (Å²) < 4.78 is 17.8. The number of aliphatic imine (C=N–C) groups is 1. The van der Waals surface area contributed by atoms with Crippen LogP contribution in [0.4, 0.5) is 5.69 Å². The Morgan fingerprint density at radius 1 is 1.08 bits per heavy atom. The molecular formula is C29H26ClIN2O5S. The molecule has 0 saturated carbocycles. The van der Waals surface area contributed by atoms with E-state index >= 15 is 0 Å². The zero-order valence-corrected chi connectivity index (χ0v) is 25.3. The van der Waals surface area contributed by atoms with Crippen LogP contribution in [0.3, 0.4) is 0 Å². The minimum Gasteiger partial charge on any atom is -0.490 e. The van der Waals surface area contributed by atoms with Crippen molar-refractivity contribution in [2.45, 2.75) is 20.5 Å². The van der Waals surface area contributed by atoms with E-state index in [0.29, 0.717) is 57.7 Å². The molecule has 0 bridgehead atoms. The molecule has 0 aromatic heterocycles. The summed E-state index contributed by atoms with van der Waals surface area (Å²) in [6.45, 7) is 4.74. The highest BCUT2D eigenvalue weighted by Gasteiger charge is 2.30. The van der Waals surface area contributed by atoms with Gasteiger partial charge in [0.05, 0.1) is 32.9 Å². The van der Waals surface area contributed by atoms with Crippen molar-refractivity contribution in [1.82, 2.24) is 4.90 Å². The lowest BCUT2D eigenvalue weighted by atomic mass is 10.1. The average Bonchev–Trinajstić information content (AvgIpc) is 3.17. The van der Waals surface area contributed by atoms with Crippen molar-refractivity contribution in [3.05, 3.63) is 90.9 Å². The molecule has 3 aromatic rings. The van der Waals surface area contributed by atoms with Crippen molar-refractivity contribution in [2.24, 2.45) is 4.99 Å². The van der Waals surface area contributed by atoms with Crippen molar-refractivity contribution in [2.75, 3.05) is 20.3 Å².